The van der Waals surface area contributed by atoms with Crippen molar-refractivity contribution in [1.29, 1.82) is 0 Å². The topological polar surface area (TPSA) is 0 Å². The predicted molar refractivity (Wildman–Crippen MR) is 110 cm³/mol. The smallest absolute Gasteiger partial charge is 0.156 e. The Bertz CT molecular complexity index is 460. The third kappa shape index (κ3) is 9.82. The molecule has 2 aromatic carbocycles. The summed E-state index contributed by atoms with van der Waals surface area (Å²) in [7, 11) is -1.07. The third-order valence-corrected chi connectivity index (χ3v) is 7.54. The van der Waals surface area contributed by atoms with Gasteiger partial charge in [0.15, 0.2) is 0 Å². The molecule has 0 nitrogen and oxygen atoms in total. The molecule has 0 spiro atoms. The number of halogens is 1. The molecular formula is C22H30ClNbSi+2. The van der Waals surface area contributed by atoms with Crippen molar-refractivity contribution < 1.29 is 22.4 Å². The van der Waals surface area contributed by atoms with E-state index >= 15 is 0 Å². The van der Waals surface area contributed by atoms with Crippen LogP contribution in [0.2, 0.25) is 0 Å². The standard InChI is InChI=1S/C12H10ClSi.2C5H10.Nb/c13-14(11-7-3-1-4-8-11)12-9-5-2-6-10-12;2*1-2-4-5-3-1;/h1-10H;2*1-5H2;/q;;;+2. The molecule has 0 atom stereocenters. The van der Waals surface area contributed by atoms with Crippen LogP contribution in [0, 0.1) is 0 Å². The Morgan fingerprint density at radius 3 is 0.960 bits per heavy atom. The van der Waals surface area contributed by atoms with Gasteiger partial charge in [0.25, 0.3) is 0 Å². The molecule has 0 heterocycles. The van der Waals surface area contributed by atoms with Gasteiger partial charge in [0.2, 0.25) is 8.11 Å². The van der Waals surface area contributed by atoms with Crippen LogP contribution in [0.3, 0.4) is 0 Å². The van der Waals surface area contributed by atoms with Crippen molar-refractivity contribution in [3.8, 4) is 0 Å². The monoisotopic (exact) mass is 450 g/mol. The van der Waals surface area contributed by atoms with E-state index in [4.69, 9.17) is 11.1 Å². The molecule has 3 heteroatoms. The molecule has 2 radical (unpaired) electrons. The Morgan fingerprint density at radius 1 is 0.480 bits per heavy atom. The molecular weight excluding hydrogens is 421 g/mol. The average molecular weight is 451 g/mol. The zero-order chi connectivity index (χ0) is 16.9. The first-order chi connectivity index (χ1) is 11.9. The van der Waals surface area contributed by atoms with Gasteiger partial charge in [-0.25, -0.2) is 0 Å². The van der Waals surface area contributed by atoms with E-state index < -0.39 is 8.11 Å². The molecule has 132 valence electrons. The zero-order valence-electron chi connectivity index (χ0n) is 15.2. The van der Waals surface area contributed by atoms with Crippen molar-refractivity contribution in [3.05, 3.63) is 60.7 Å². The molecule has 2 aromatic rings. The van der Waals surface area contributed by atoms with Gasteiger partial charge in [-0.1, -0.05) is 125 Å². The van der Waals surface area contributed by atoms with Crippen molar-refractivity contribution >= 4 is 29.6 Å². The molecule has 2 fully saturated rings. The van der Waals surface area contributed by atoms with Gasteiger partial charge < -0.3 is 0 Å². The summed E-state index contributed by atoms with van der Waals surface area (Å²) in [6.45, 7) is 0. The second-order valence-electron chi connectivity index (χ2n) is 6.58. The van der Waals surface area contributed by atoms with Crippen LogP contribution in [0.25, 0.3) is 0 Å². The van der Waals surface area contributed by atoms with E-state index in [1.165, 1.54) is 74.6 Å². The summed E-state index contributed by atoms with van der Waals surface area (Å²) in [6, 6.07) is 20.5. The van der Waals surface area contributed by atoms with Crippen LogP contribution in [-0.4, -0.2) is 8.11 Å². The summed E-state index contributed by atoms with van der Waals surface area (Å²) in [4.78, 5) is 0. The molecule has 0 aromatic heterocycles. The fourth-order valence-electron chi connectivity index (χ4n) is 3.10. The minimum absolute atomic E-state index is 0. The van der Waals surface area contributed by atoms with E-state index in [2.05, 4.69) is 24.3 Å². The van der Waals surface area contributed by atoms with Gasteiger partial charge >= 0.3 is 22.4 Å². The Morgan fingerprint density at radius 2 is 0.720 bits per heavy atom. The van der Waals surface area contributed by atoms with E-state index in [0.717, 1.165) is 0 Å². The molecule has 2 aliphatic rings. The molecule has 0 saturated heterocycles. The van der Waals surface area contributed by atoms with E-state index in [1.807, 2.05) is 36.4 Å². The number of hydrogen-bond donors (Lipinski definition) is 0. The fraction of sp³-hybridized carbons (Fsp3) is 0.455. The molecule has 2 aliphatic carbocycles. The molecule has 0 amide bonds. The normalized spacial score (nSPS) is 15.4. The van der Waals surface area contributed by atoms with Gasteiger partial charge in [0.05, 0.1) is 0 Å². The number of hydrogen-bond acceptors (Lipinski definition) is 0. The van der Waals surface area contributed by atoms with Crippen LogP contribution >= 0.6 is 11.1 Å². The Kier molecular flexibility index (Phi) is 13.5. The first-order valence-electron chi connectivity index (χ1n) is 9.51. The molecule has 0 aliphatic heterocycles. The van der Waals surface area contributed by atoms with Gasteiger partial charge in [-0.05, 0) is 10.4 Å². The molecule has 4 rings (SSSR count). The van der Waals surface area contributed by atoms with Crippen LogP contribution in [0.4, 0.5) is 0 Å². The number of benzene rings is 2. The summed E-state index contributed by atoms with van der Waals surface area (Å²) in [5.74, 6) is 0. The van der Waals surface area contributed by atoms with Crippen LogP contribution in [0.5, 0.6) is 0 Å². The van der Waals surface area contributed by atoms with Crippen molar-refractivity contribution in [1.82, 2.24) is 0 Å². The maximum absolute atomic E-state index is 6.43. The predicted octanol–water partition coefficient (Wildman–Crippen LogP) is 5.93. The van der Waals surface area contributed by atoms with Crippen molar-refractivity contribution in [3.63, 3.8) is 0 Å². The van der Waals surface area contributed by atoms with Gasteiger partial charge in [0.1, 0.15) is 0 Å². The minimum Gasteiger partial charge on any atom is -0.156 e. The molecule has 2 saturated carbocycles. The van der Waals surface area contributed by atoms with Gasteiger partial charge in [-0.15, -0.1) is 0 Å². The van der Waals surface area contributed by atoms with E-state index in [-0.39, 0.29) is 22.4 Å². The van der Waals surface area contributed by atoms with Crippen molar-refractivity contribution in [2.24, 2.45) is 0 Å². The SMILES string of the molecule is C1CCCC1.C1CCCC1.Cl[Si](c1ccccc1)c1ccccc1.[Nb+2]. The third-order valence-electron chi connectivity index (χ3n) is 4.55. The zero-order valence-corrected chi connectivity index (χ0v) is 19.1. The Hall–Kier alpha value is -0.313. The van der Waals surface area contributed by atoms with Gasteiger partial charge in [-0.2, -0.15) is 11.1 Å². The van der Waals surface area contributed by atoms with E-state index in [1.54, 1.807) is 0 Å². The molecule has 0 bridgehead atoms. The summed E-state index contributed by atoms with van der Waals surface area (Å²) in [5, 5.41) is 2.48. The largest absolute Gasteiger partial charge is 2.00 e. The fourth-order valence-corrected chi connectivity index (χ4v) is 5.16. The summed E-state index contributed by atoms with van der Waals surface area (Å²) >= 11 is 6.43. The van der Waals surface area contributed by atoms with Crippen LogP contribution in [0.1, 0.15) is 64.2 Å². The van der Waals surface area contributed by atoms with Crippen LogP contribution in [0.15, 0.2) is 60.7 Å². The van der Waals surface area contributed by atoms with Gasteiger partial charge in [-0.3, -0.25) is 0 Å². The summed E-state index contributed by atoms with van der Waals surface area (Å²) in [5.41, 5.74) is 0. The Balaban J connectivity index is 0.000000233. The van der Waals surface area contributed by atoms with Crippen LogP contribution < -0.4 is 10.4 Å². The maximum atomic E-state index is 6.43. The van der Waals surface area contributed by atoms with Crippen molar-refractivity contribution in [2.45, 2.75) is 64.2 Å². The van der Waals surface area contributed by atoms with Crippen molar-refractivity contribution in [2.75, 3.05) is 0 Å². The molecule has 0 N–H and O–H groups in total. The maximum Gasteiger partial charge on any atom is 2.00 e. The summed E-state index contributed by atoms with van der Waals surface area (Å²) < 4.78 is 0. The summed E-state index contributed by atoms with van der Waals surface area (Å²) in [6.07, 6.45) is 15.0. The molecule has 0 unspecified atom stereocenters. The second kappa shape index (κ2) is 14.8. The van der Waals surface area contributed by atoms with E-state index in [0.29, 0.717) is 0 Å². The Labute approximate surface area is 176 Å². The minimum atomic E-state index is -1.07. The first-order valence-corrected chi connectivity index (χ1v) is 12.0. The van der Waals surface area contributed by atoms with Gasteiger partial charge in [0, 0.05) is 0 Å². The first kappa shape index (κ1) is 22.7. The molecule has 25 heavy (non-hydrogen) atoms. The van der Waals surface area contributed by atoms with E-state index in [9.17, 15) is 0 Å². The second-order valence-corrected chi connectivity index (χ2v) is 9.50. The van der Waals surface area contributed by atoms with Crippen LogP contribution in [-0.2, 0) is 22.4 Å². The average Bonchev–Trinajstić information content (AvgIpc) is 3.41. The quantitative estimate of drug-likeness (QED) is 0.393. The number of rotatable bonds is 2.